The standard InChI is InChI=1S/C19H21NO3/c1-15-8-5-6-12-18(15)23-14-17(21)19(22)20-13-7-11-16-9-3-2-4-10-16/h2-12,17,21H,13-14H2,1H3,(H,20,22). The lowest BCUT2D eigenvalue weighted by atomic mass is 10.2. The summed E-state index contributed by atoms with van der Waals surface area (Å²) in [6.45, 7) is 2.20. The molecule has 120 valence electrons. The first-order chi connectivity index (χ1) is 11.2. The van der Waals surface area contributed by atoms with E-state index in [1.165, 1.54) is 0 Å². The van der Waals surface area contributed by atoms with Gasteiger partial charge in [-0.25, -0.2) is 0 Å². The van der Waals surface area contributed by atoms with Crippen molar-refractivity contribution in [3.8, 4) is 5.75 Å². The van der Waals surface area contributed by atoms with Gasteiger partial charge in [0, 0.05) is 6.54 Å². The molecule has 1 unspecified atom stereocenters. The molecule has 1 atom stereocenters. The lowest BCUT2D eigenvalue weighted by Crippen LogP contribution is -2.38. The number of hydrogen-bond donors (Lipinski definition) is 2. The van der Waals surface area contributed by atoms with Gasteiger partial charge in [-0.3, -0.25) is 4.79 Å². The summed E-state index contributed by atoms with van der Waals surface area (Å²) in [6.07, 6.45) is 2.55. The monoisotopic (exact) mass is 311 g/mol. The molecule has 2 N–H and O–H groups in total. The minimum atomic E-state index is -1.19. The maximum Gasteiger partial charge on any atom is 0.252 e. The summed E-state index contributed by atoms with van der Waals surface area (Å²) < 4.78 is 5.47. The number of benzene rings is 2. The number of nitrogens with one attached hydrogen (secondary N) is 1. The fraction of sp³-hybridized carbons (Fsp3) is 0.211. The number of aliphatic hydroxyl groups is 1. The fourth-order valence-electron chi connectivity index (χ4n) is 2.00. The molecule has 0 aromatic heterocycles. The molecular weight excluding hydrogens is 290 g/mol. The van der Waals surface area contributed by atoms with E-state index in [1.54, 1.807) is 0 Å². The molecule has 1 amide bonds. The van der Waals surface area contributed by atoms with Crippen LogP contribution in [0.25, 0.3) is 6.08 Å². The van der Waals surface area contributed by atoms with E-state index in [0.717, 1.165) is 11.1 Å². The van der Waals surface area contributed by atoms with E-state index in [9.17, 15) is 9.90 Å². The minimum absolute atomic E-state index is 0.0704. The second-order valence-corrected chi connectivity index (χ2v) is 5.15. The highest BCUT2D eigenvalue weighted by Gasteiger charge is 2.15. The molecule has 2 rings (SSSR count). The van der Waals surface area contributed by atoms with Gasteiger partial charge in [0.05, 0.1) is 0 Å². The topological polar surface area (TPSA) is 58.6 Å². The summed E-state index contributed by atoms with van der Waals surface area (Å²) in [5, 5.41) is 12.5. The molecule has 0 spiro atoms. The van der Waals surface area contributed by atoms with Gasteiger partial charge in [0.1, 0.15) is 12.4 Å². The molecule has 0 aliphatic heterocycles. The largest absolute Gasteiger partial charge is 0.490 e. The molecule has 0 bridgehead atoms. The number of carbonyl (C=O) groups is 1. The highest BCUT2D eigenvalue weighted by molar-refractivity contribution is 5.80. The molecule has 0 aliphatic carbocycles. The van der Waals surface area contributed by atoms with E-state index in [-0.39, 0.29) is 6.61 Å². The summed E-state index contributed by atoms with van der Waals surface area (Å²) in [4.78, 5) is 11.8. The van der Waals surface area contributed by atoms with Crippen molar-refractivity contribution in [3.05, 3.63) is 71.8 Å². The Morgan fingerprint density at radius 1 is 1.17 bits per heavy atom. The van der Waals surface area contributed by atoms with E-state index in [2.05, 4.69) is 5.32 Å². The quantitative estimate of drug-likeness (QED) is 0.826. The molecule has 0 aliphatic rings. The maximum atomic E-state index is 11.8. The first-order valence-electron chi connectivity index (χ1n) is 7.52. The van der Waals surface area contributed by atoms with Crippen LogP contribution in [-0.2, 0) is 4.79 Å². The maximum absolute atomic E-state index is 11.8. The summed E-state index contributed by atoms with van der Waals surface area (Å²) >= 11 is 0. The summed E-state index contributed by atoms with van der Waals surface area (Å²) in [7, 11) is 0. The molecular formula is C19H21NO3. The van der Waals surface area contributed by atoms with Crippen LogP contribution in [0.1, 0.15) is 11.1 Å². The average Bonchev–Trinajstić information content (AvgIpc) is 2.58. The SMILES string of the molecule is Cc1ccccc1OCC(O)C(=O)NCC=Cc1ccccc1. The van der Waals surface area contributed by atoms with Gasteiger partial charge in [0.25, 0.3) is 5.91 Å². The van der Waals surface area contributed by atoms with Gasteiger partial charge in [-0.05, 0) is 24.1 Å². The van der Waals surface area contributed by atoms with Crippen molar-refractivity contribution in [1.29, 1.82) is 0 Å². The highest BCUT2D eigenvalue weighted by atomic mass is 16.5. The predicted octanol–water partition coefficient (Wildman–Crippen LogP) is 2.56. The van der Waals surface area contributed by atoms with Crippen LogP contribution < -0.4 is 10.1 Å². The number of para-hydroxylation sites is 1. The van der Waals surface area contributed by atoms with E-state index in [1.807, 2.05) is 73.7 Å². The zero-order valence-corrected chi connectivity index (χ0v) is 13.1. The van der Waals surface area contributed by atoms with E-state index >= 15 is 0 Å². The van der Waals surface area contributed by atoms with Gasteiger partial charge in [-0.2, -0.15) is 0 Å². The van der Waals surface area contributed by atoms with Gasteiger partial charge < -0.3 is 15.2 Å². The Hall–Kier alpha value is -2.59. The Morgan fingerprint density at radius 2 is 1.87 bits per heavy atom. The van der Waals surface area contributed by atoms with Crippen LogP contribution >= 0.6 is 0 Å². The summed E-state index contributed by atoms with van der Waals surface area (Å²) in [5.74, 6) is 0.222. The van der Waals surface area contributed by atoms with Crippen molar-refractivity contribution in [2.75, 3.05) is 13.2 Å². The van der Waals surface area contributed by atoms with Crippen molar-refractivity contribution in [1.82, 2.24) is 5.32 Å². The molecule has 0 saturated carbocycles. The Labute approximate surface area is 136 Å². The van der Waals surface area contributed by atoms with Crippen molar-refractivity contribution in [2.45, 2.75) is 13.0 Å². The zero-order chi connectivity index (χ0) is 16.5. The lowest BCUT2D eigenvalue weighted by molar-refractivity contribution is -0.130. The van der Waals surface area contributed by atoms with Crippen LogP contribution in [0.5, 0.6) is 5.75 Å². The van der Waals surface area contributed by atoms with Crippen molar-refractivity contribution in [2.24, 2.45) is 0 Å². The predicted molar refractivity (Wildman–Crippen MR) is 91.2 cm³/mol. The Balaban J connectivity index is 1.73. The van der Waals surface area contributed by atoms with Gasteiger partial charge >= 0.3 is 0 Å². The van der Waals surface area contributed by atoms with Crippen LogP contribution in [0.2, 0.25) is 0 Å². The van der Waals surface area contributed by atoms with E-state index < -0.39 is 12.0 Å². The number of aliphatic hydroxyl groups excluding tert-OH is 1. The molecule has 0 fully saturated rings. The second kappa shape index (κ2) is 8.76. The molecule has 2 aromatic rings. The Morgan fingerprint density at radius 3 is 2.61 bits per heavy atom. The molecule has 2 aromatic carbocycles. The van der Waals surface area contributed by atoms with E-state index in [0.29, 0.717) is 12.3 Å². The summed E-state index contributed by atoms with van der Waals surface area (Å²) in [5.41, 5.74) is 2.02. The number of carbonyl (C=O) groups excluding carboxylic acids is 1. The zero-order valence-electron chi connectivity index (χ0n) is 13.1. The lowest BCUT2D eigenvalue weighted by Gasteiger charge is -2.13. The molecule has 23 heavy (non-hydrogen) atoms. The second-order valence-electron chi connectivity index (χ2n) is 5.15. The van der Waals surface area contributed by atoms with Gasteiger partial charge in [0.15, 0.2) is 6.10 Å². The molecule has 0 radical (unpaired) electrons. The molecule has 4 heteroatoms. The van der Waals surface area contributed by atoms with E-state index in [4.69, 9.17) is 4.74 Å². The third kappa shape index (κ3) is 5.60. The van der Waals surface area contributed by atoms with Gasteiger partial charge in [-0.15, -0.1) is 0 Å². The fourth-order valence-corrected chi connectivity index (χ4v) is 2.00. The van der Waals surface area contributed by atoms with Crippen LogP contribution in [0.3, 0.4) is 0 Å². The number of aryl methyl sites for hydroxylation is 1. The van der Waals surface area contributed by atoms with Crippen LogP contribution in [0, 0.1) is 6.92 Å². The smallest absolute Gasteiger partial charge is 0.252 e. The molecule has 4 nitrogen and oxygen atoms in total. The summed E-state index contributed by atoms with van der Waals surface area (Å²) in [6, 6.07) is 17.3. The van der Waals surface area contributed by atoms with Gasteiger partial charge in [0.2, 0.25) is 0 Å². The van der Waals surface area contributed by atoms with Crippen LogP contribution in [0.15, 0.2) is 60.7 Å². The molecule has 0 saturated heterocycles. The average molecular weight is 311 g/mol. The van der Waals surface area contributed by atoms with Crippen molar-refractivity contribution >= 4 is 12.0 Å². The number of amides is 1. The Kier molecular flexibility index (Phi) is 6.39. The Bertz CT molecular complexity index is 653. The number of rotatable bonds is 7. The number of ether oxygens (including phenoxy) is 1. The van der Waals surface area contributed by atoms with Gasteiger partial charge in [-0.1, -0.05) is 60.7 Å². The molecule has 0 heterocycles. The van der Waals surface area contributed by atoms with Crippen molar-refractivity contribution in [3.63, 3.8) is 0 Å². The number of hydrogen-bond acceptors (Lipinski definition) is 3. The van der Waals surface area contributed by atoms with Crippen molar-refractivity contribution < 1.29 is 14.6 Å². The third-order valence-corrected chi connectivity index (χ3v) is 3.30. The first kappa shape index (κ1) is 16.8. The van der Waals surface area contributed by atoms with Crippen LogP contribution in [0.4, 0.5) is 0 Å². The third-order valence-electron chi connectivity index (χ3n) is 3.30. The first-order valence-corrected chi connectivity index (χ1v) is 7.52. The normalized spacial score (nSPS) is 12.1. The van der Waals surface area contributed by atoms with Crippen LogP contribution in [-0.4, -0.2) is 30.3 Å². The highest BCUT2D eigenvalue weighted by Crippen LogP contribution is 2.16. The minimum Gasteiger partial charge on any atom is -0.490 e.